The Labute approximate surface area is 105 Å². The quantitative estimate of drug-likeness (QED) is 0.900. The van der Waals surface area contributed by atoms with Crippen LogP contribution in [0.3, 0.4) is 0 Å². The number of hydrogen-bond donors (Lipinski definition) is 1. The van der Waals surface area contributed by atoms with E-state index in [1.54, 1.807) is 0 Å². The van der Waals surface area contributed by atoms with Crippen LogP contribution in [0.5, 0.6) is 5.75 Å². The van der Waals surface area contributed by atoms with E-state index in [1.165, 1.54) is 19.3 Å². The molecule has 0 bridgehead atoms. The van der Waals surface area contributed by atoms with Gasteiger partial charge in [-0.15, -0.1) is 0 Å². The van der Waals surface area contributed by atoms with E-state index in [0.29, 0.717) is 6.42 Å². The normalized spacial score (nSPS) is 15.9. The van der Waals surface area contributed by atoms with Crippen molar-refractivity contribution in [3.05, 3.63) is 28.2 Å². The minimum atomic E-state index is 0.163. The van der Waals surface area contributed by atoms with Crippen LogP contribution >= 0.6 is 15.9 Å². The number of ether oxygens (including phenoxy) is 1. The van der Waals surface area contributed by atoms with E-state index in [2.05, 4.69) is 15.9 Å². The van der Waals surface area contributed by atoms with Crippen molar-refractivity contribution in [1.82, 2.24) is 0 Å². The number of halogens is 1. The van der Waals surface area contributed by atoms with E-state index in [0.717, 1.165) is 28.3 Å². The zero-order valence-corrected chi connectivity index (χ0v) is 10.9. The Morgan fingerprint density at radius 2 is 2.19 bits per heavy atom. The van der Waals surface area contributed by atoms with Gasteiger partial charge in [-0.2, -0.15) is 0 Å². The summed E-state index contributed by atoms with van der Waals surface area (Å²) in [4.78, 5) is 0. The maximum atomic E-state index is 9.00. The minimum absolute atomic E-state index is 0.163. The molecule has 0 aliphatic heterocycles. The molecule has 2 rings (SSSR count). The summed E-state index contributed by atoms with van der Waals surface area (Å²) in [7, 11) is 0. The minimum Gasteiger partial charge on any atom is -0.493 e. The summed E-state index contributed by atoms with van der Waals surface area (Å²) >= 11 is 3.43. The molecule has 1 aliphatic carbocycles. The first-order chi connectivity index (χ1) is 7.79. The molecule has 0 aromatic heterocycles. The molecule has 1 aromatic rings. The summed E-state index contributed by atoms with van der Waals surface area (Å²) < 4.78 is 6.85. The second-order valence-corrected chi connectivity index (χ2v) is 5.25. The van der Waals surface area contributed by atoms with E-state index in [9.17, 15) is 0 Å². The fourth-order valence-electron chi connectivity index (χ4n) is 1.87. The largest absolute Gasteiger partial charge is 0.493 e. The summed E-state index contributed by atoms with van der Waals surface area (Å²) in [6.07, 6.45) is 4.59. The van der Waals surface area contributed by atoms with Gasteiger partial charge in [-0.25, -0.2) is 0 Å². The molecule has 1 saturated carbocycles. The highest BCUT2D eigenvalue weighted by molar-refractivity contribution is 9.10. The number of rotatable bonds is 5. The third-order valence-corrected chi connectivity index (χ3v) is 3.60. The van der Waals surface area contributed by atoms with Crippen molar-refractivity contribution in [2.45, 2.75) is 25.7 Å². The summed E-state index contributed by atoms with van der Waals surface area (Å²) in [5.41, 5.74) is 1.08. The van der Waals surface area contributed by atoms with Gasteiger partial charge in [0.25, 0.3) is 0 Å². The van der Waals surface area contributed by atoms with Gasteiger partial charge in [0.2, 0.25) is 0 Å². The average molecular weight is 285 g/mol. The molecular weight excluding hydrogens is 268 g/mol. The van der Waals surface area contributed by atoms with Crippen molar-refractivity contribution in [3.63, 3.8) is 0 Å². The lowest BCUT2D eigenvalue weighted by Crippen LogP contribution is -2.19. The van der Waals surface area contributed by atoms with Gasteiger partial charge in [-0.05, 0) is 48.9 Å². The lowest BCUT2D eigenvalue weighted by atomic mass is 9.86. The smallest absolute Gasteiger partial charge is 0.122 e. The van der Waals surface area contributed by atoms with Crippen molar-refractivity contribution in [3.8, 4) is 5.75 Å². The third kappa shape index (κ3) is 2.98. The molecule has 0 unspecified atom stereocenters. The van der Waals surface area contributed by atoms with Crippen molar-refractivity contribution in [2.24, 2.45) is 5.92 Å². The monoisotopic (exact) mass is 284 g/mol. The topological polar surface area (TPSA) is 29.5 Å². The SMILES string of the molecule is OCCc1cc(Br)ccc1OCC1CCC1. The van der Waals surface area contributed by atoms with Crippen LogP contribution < -0.4 is 4.74 Å². The van der Waals surface area contributed by atoms with Crippen LogP contribution in [0.1, 0.15) is 24.8 Å². The van der Waals surface area contributed by atoms with Crippen LogP contribution in [-0.4, -0.2) is 18.3 Å². The van der Waals surface area contributed by atoms with Crippen LogP contribution in [0.2, 0.25) is 0 Å². The fourth-order valence-corrected chi connectivity index (χ4v) is 2.28. The van der Waals surface area contributed by atoms with Gasteiger partial charge in [0.1, 0.15) is 5.75 Å². The van der Waals surface area contributed by atoms with Gasteiger partial charge >= 0.3 is 0 Å². The van der Waals surface area contributed by atoms with E-state index >= 15 is 0 Å². The Kier molecular flexibility index (Phi) is 4.24. The Hall–Kier alpha value is -0.540. The Bertz CT molecular complexity index is 348. The van der Waals surface area contributed by atoms with Crippen LogP contribution in [0.15, 0.2) is 22.7 Å². The molecule has 1 aromatic carbocycles. The molecule has 0 atom stereocenters. The van der Waals surface area contributed by atoms with E-state index in [4.69, 9.17) is 9.84 Å². The lowest BCUT2D eigenvalue weighted by Gasteiger charge is -2.25. The molecule has 1 fully saturated rings. The van der Waals surface area contributed by atoms with Gasteiger partial charge in [0.05, 0.1) is 6.61 Å². The highest BCUT2D eigenvalue weighted by atomic mass is 79.9. The summed E-state index contributed by atoms with van der Waals surface area (Å²) in [6.45, 7) is 0.982. The first-order valence-electron chi connectivity index (χ1n) is 5.81. The van der Waals surface area contributed by atoms with Crippen molar-refractivity contribution in [1.29, 1.82) is 0 Å². The zero-order chi connectivity index (χ0) is 11.4. The Morgan fingerprint density at radius 3 is 2.81 bits per heavy atom. The maximum Gasteiger partial charge on any atom is 0.122 e. The average Bonchev–Trinajstić information content (AvgIpc) is 2.19. The van der Waals surface area contributed by atoms with E-state index in [-0.39, 0.29) is 6.61 Å². The first-order valence-corrected chi connectivity index (χ1v) is 6.61. The number of aliphatic hydroxyl groups is 1. The molecule has 3 heteroatoms. The molecule has 1 aliphatic rings. The molecule has 2 nitrogen and oxygen atoms in total. The standard InChI is InChI=1S/C13H17BrO2/c14-12-4-5-13(11(8-12)6-7-15)16-9-10-2-1-3-10/h4-5,8,10,15H,1-3,6-7,9H2. The molecule has 16 heavy (non-hydrogen) atoms. The second kappa shape index (κ2) is 5.69. The molecule has 88 valence electrons. The highest BCUT2D eigenvalue weighted by Gasteiger charge is 2.18. The lowest BCUT2D eigenvalue weighted by molar-refractivity contribution is 0.178. The summed E-state index contributed by atoms with van der Waals surface area (Å²) in [5.74, 6) is 1.66. The summed E-state index contributed by atoms with van der Waals surface area (Å²) in [6, 6.07) is 5.98. The Morgan fingerprint density at radius 1 is 1.38 bits per heavy atom. The van der Waals surface area contributed by atoms with E-state index < -0.39 is 0 Å². The van der Waals surface area contributed by atoms with Gasteiger partial charge in [0, 0.05) is 11.1 Å². The molecule has 0 heterocycles. The number of benzene rings is 1. The van der Waals surface area contributed by atoms with Crippen LogP contribution in [0.25, 0.3) is 0 Å². The van der Waals surface area contributed by atoms with Gasteiger partial charge in [-0.3, -0.25) is 0 Å². The zero-order valence-electron chi connectivity index (χ0n) is 9.29. The van der Waals surface area contributed by atoms with Gasteiger partial charge in [-0.1, -0.05) is 22.4 Å². The first kappa shape index (κ1) is 11.9. The van der Waals surface area contributed by atoms with E-state index in [1.807, 2.05) is 18.2 Å². The molecule has 0 amide bonds. The third-order valence-electron chi connectivity index (χ3n) is 3.10. The highest BCUT2D eigenvalue weighted by Crippen LogP contribution is 2.29. The summed E-state index contributed by atoms with van der Waals surface area (Å²) in [5, 5.41) is 9.00. The molecule has 0 saturated heterocycles. The van der Waals surface area contributed by atoms with Gasteiger partial charge < -0.3 is 9.84 Å². The van der Waals surface area contributed by atoms with Crippen molar-refractivity contribution in [2.75, 3.05) is 13.2 Å². The van der Waals surface area contributed by atoms with Crippen LogP contribution in [-0.2, 0) is 6.42 Å². The molecular formula is C13H17BrO2. The Balaban J connectivity index is 1.99. The predicted molar refractivity (Wildman–Crippen MR) is 67.8 cm³/mol. The number of aliphatic hydroxyl groups excluding tert-OH is 1. The van der Waals surface area contributed by atoms with Crippen molar-refractivity contribution < 1.29 is 9.84 Å². The van der Waals surface area contributed by atoms with Crippen LogP contribution in [0, 0.1) is 5.92 Å². The van der Waals surface area contributed by atoms with Gasteiger partial charge in [0.15, 0.2) is 0 Å². The fraction of sp³-hybridized carbons (Fsp3) is 0.538. The number of hydrogen-bond acceptors (Lipinski definition) is 2. The van der Waals surface area contributed by atoms with Crippen LogP contribution in [0.4, 0.5) is 0 Å². The maximum absolute atomic E-state index is 9.00. The predicted octanol–water partition coefficient (Wildman–Crippen LogP) is 3.16. The molecule has 0 spiro atoms. The second-order valence-electron chi connectivity index (χ2n) is 4.33. The van der Waals surface area contributed by atoms with Crippen molar-refractivity contribution >= 4 is 15.9 Å². The molecule has 0 radical (unpaired) electrons. The molecule has 1 N–H and O–H groups in total.